The van der Waals surface area contributed by atoms with Gasteiger partial charge < -0.3 is 10.2 Å². The molecule has 1 aliphatic rings. The molecule has 1 heterocycles. The van der Waals surface area contributed by atoms with Crippen molar-refractivity contribution in [1.82, 2.24) is 4.90 Å². The van der Waals surface area contributed by atoms with Crippen molar-refractivity contribution in [3.05, 3.63) is 65.0 Å². The van der Waals surface area contributed by atoms with E-state index in [1.807, 2.05) is 12.1 Å². The van der Waals surface area contributed by atoms with Crippen LogP contribution in [0.5, 0.6) is 0 Å². The Bertz CT molecular complexity index is 687. The Morgan fingerprint density at radius 1 is 1.19 bits per heavy atom. The number of nitrogens with one attached hydrogen (secondary N) is 1. The van der Waals surface area contributed by atoms with Crippen molar-refractivity contribution >= 4 is 27.6 Å². The third-order valence-corrected chi connectivity index (χ3v) is 4.64. The molecule has 0 aromatic heterocycles. The Morgan fingerprint density at radius 3 is 2.57 bits per heavy atom. The molecule has 1 unspecified atom stereocenters. The number of hydrogen-bond donors (Lipinski definition) is 1. The molecule has 0 bridgehead atoms. The number of amides is 2. The van der Waals surface area contributed by atoms with Crippen LogP contribution in [0.15, 0.2) is 42.5 Å². The zero-order valence-electron chi connectivity index (χ0n) is 11.4. The molecule has 0 saturated carbocycles. The highest BCUT2D eigenvalue weighted by molar-refractivity contribution is 9.09. The SMILES string of the molecule is CN1Cc2cc(C(Br)c3ccc(F)cc3)ccc2NC1=O. The minimum Gasteiger partial charge on any atom is -0.323 e. The van der Waals surface area contributed by atoms with E-state index >= 15 is 0 Å². The van der Waals surface area contributed by atoms with Crippen LogP contribution in [0.1, 0.15) is 21.5 Å². The molecule has 1 atom stereocenters. The molecule has 3 nitrogen and oxygen atoms in total. The number of nitrogens with zero attached hydrogens (tertiary/aromatic N) is 1. The van der Waals surface area contributed by atoms with Crippen LogP contribution in [0.2, 0.25) is 0 Å². The lowest BCUT2D eigenvalue weighted by Crippen LogP contribution is -2.35. The molecule has 0 saturated heterocycles. The fraction of sp³-hybridized carbons (Fsp3) is 0.188. The van der Waals surface area contributed by atoms with E-state index in [0.29, 0.717) is 6.54 Å². The lowest BCUT2D eigenvalue weighted by atomic mass is 10.0. The molecule has 0 radical (unpaired) electrons. The topological polar surface area (TPSA) is 32.3 Å². The van der Waals surface area contributed by atoms with Gasteiger partial charge in [0.15, 0.2) is 0 Å². The Balaban J connectivity index is 1.91. The van der Waals surface area contributed by atoms with Crippen molar-refractivity contribution in [2.45, 2.75) is 11.4 Å². The van der Waals surface area contributed by atoms with Crippen molar-refractivity contribution in [2.75, 3.05) is 12.4 Å². The number of alkyl halides is 1. The minimum atomic E-state index is -0.242. The maximum absolute atomic E-state index is 13.0. The second kappa shape index (κ2) is 5.48. The van der Waals surface area contributed by atoms with Crippen molar-refractivity contribution in [3.63, 3.8) is 0 Å². The van der Waals surface area contributed by atoms with E-state index in [1.54, 1.807) is 24.1 Å². The lowest BCUT2D eigenvalue weighted by molar-refractivity contribution is 0.218. The van der Waals surface area contributed by atoms with Gasteiger partial charge in [-0.25, -0.2) is 9.18 Å². The Hall–Kier alpha value is -1.88. The first-order valence-electron chi connectivity index (χ1n) is 6.59. The summed E-state index contributed by atoms with van der Waals surface area (Å²) in [6, 6.07) is 12.3. The van der Waals surface area contributed by atoms with Gasteiger partial charge in [0.25, 0.3) is 0 Å². The number of fused-ring (bicyclic) bond motifs is 1. The number of hydrogen-bond acceptors (Lipinski definition) is 1. The van der Waals surface area contributed by atoms with Crippen LogP contribution in [0, 0.1) is 5.82 Å². The third kappa shape index (κ3) is 2.78. The summed E-state index contributed by atoms with van der Waals surface area (Å²) in [4.78, 5) is 13.2. The van der Waals surface area contributed by atoms with Gasteiger partial charge in [0.2, 0.25) is 0 Å². The predicted molar refractivity (Wildman–Crippen MR) is 84.1 cm³/mol. The quantitative estimate of drug-likeness (QED) is 0.806. The van der Waals surface area contributed by atoms with Gasteiger partial charge in [-0.2, -0.15) is 0 Å². The summed E-state index contributed by atoms with van der Waals surface area (Å²) in [5.74, 6) is -0.242. The molecule has 0 spiro atoms. The number of benzene rings is 2. The molecular formula is C16H14BrFN2O. The van der Waals surface area contributed by atoms with Crippen molar-refractivity contribution in [2.24, 2.45) is 0 Å². The van der Waals surface area contributed by atoms with Crippen LogP contribution in [0.25, 0.3) is 0 Å². The standard InChI is InChI=1S/C16H14BrFN2O/c1-20-9-12-8-11(4-7-14(12)19-16(20)21)15(17)10-2-5-13(18)6-3-10/h2-8,15H,9H2,1H3,(H,19,21). The summed E-state index contributed by atoms with van der Waals surface area (Å²) < 4.78 is 13.0. The van der Waals surface area contributed by atoms with Gasteiger partial charge in [0, 0.05) is 19.3 Å². The van der Waals surface area contributed by atoms with E-state index in [-0.39, 0.29) is 16.7 Å². The average Bonchev–Trinajstić information content (AvgIpc) is 2.48. The van der Waals surface area contributed by atoms with E-state index in [9.17, 15) is 9.18 Å². The third-order valence-electron chi connectivity index (χ3n) is 3.58. The fourth-order valence-electron chi connectivity index (χ4n) is 2.39. The molecule has 5 heteroatoms. The first-order chi connectivity index (χ1) is 10.0. The highest BCUT2D eigenvalue weighted by Crippen LogP contribution is 2.34. The molecular weight excluding hydrogens is 335 g/mol. The molecule has 1 aliphatic heterocycles. The van der Waals surface area contributed by atoms with E-state index < -0.39 is 0 Å². The van der Waals surface area contributed by atoms with Crippen molar-refractivity contribution in [1.29, 1.82) is 0 Å². The van der Waals surface area contributed by atoms with E-state index in [1.165, 1.54) is 12.1 Å². The maximum Gasteiger partial charge on any atom is 0.321 e. The Labute approximate surface area is 130 Å². The second-order valence-electron chi connectivity index (χ2n) is 5.12. The monoisotopic (exact) mass is 348 g/mol. The first kappa shape index (κ1) is 14.1. The normalized spacial score (nSPS) is 15.4. The summed E-state index contributed by atoms with van der Waals surface area (Å²) in [5.41, 5.74) is 3.98. The lowest BCUT2D eigenvalue weighted by Gasteiger charge is -2.26. The van der Waals surface area contributed by atoms with Crippen LogP contribution in [-0.4, -0.2) is 18.0 Å². The molecule has 2 amide bonds. The van der Waals surface area contributed by atoms with Crippen LogP contribution < -0.4 is 5.32 Å². The average molecular weight is 349 g/mol. The zero-order valence-corrected chi connectivity index (χ0v) is 13.0. The molecule has 21 heavy (non-hydrogen) atoms. The highest BCUT2D eigenvalue weighted by Gasteiger charge is 2.20. The maximum atomic E-state index is 13.0. The van der Waals surface area contributed by atoms with Gasteiger partial charge in [-0.1, -0.05) is 40.2 Å². The van der Waals surface area contributed by atoms with Gasteiger partial charge in [0.05, 0.1) is 4.83 Å². The van der Waals surface area contributed by atoms with Crippen LogP contribution in [0.4, 0.5) is 14.9 Å². The number of halogens is 2. The first-order valence-corrected chi connectivity index (χ1v) is 7.50. The summed E-state index contributed by atoms with van der Waals surface area (Å²) in [5, 5.41) is 2.85. The summed E-state index contributed by atoms with van der Waals surface area (Å²) in [6.07, 6.45) is 0. The second-order valence-corrected chi connectivity index (χ2v) is 6.03. The van der Waals surface area contributed by atoms with E-state index in [2.05, 4.69) is 27.3 Å². The smallest absolute Gasteiger partial charge is 0.321 e. The number of carbonyl (C=O) groups excluding carboxylic acids is 1. The van der Waals surface area contributed by atoms with Gasteiger partial charge in [-0.05, 0) is 34.9 Å². The molecule has 2 aromatic carbocycles. The predicted octanol–water partition coefficient (Wildman–Crippen LogP) is 4.29. The van der Waals surface area contributed by atoms with Gasteiger partial charge in [-0.3, -0.25) is 0 Å². The van der Waals surface area contributed by atoms with Crippen molar-refractivity contribution in [3.8, 4) is 0 Å². The largest absolute Gasteiger partial charge is 0.323 e. The summed E-state index contributed by atoms with van der Waals surface area (Å²) in [6.45, 7) is 0.581. The molecule has 108 valence electrons. The van der Waals surface area contributed by atoms with Gasteiger partial charge >= 0.3 is 6.03 Å². The number of anilines is 1. The Kier molecular flexibility index (Phi) is 3.68. The Morgan fingerprint density at radius 2 is 1.86 bits per heavy atom. The number of carbonyl (C=O) groups is 1. The molecule has 0 aliphatic carbocycles. The number of rotatable bonds is 2. The number of urea groups is 1. The fourth-order valence-corrected chi connectivity index (χ4v) is 2.98. The summed E-state index contributed by atoms with van der Waals surface area (Å²) >= 11 is 3.65. The zero-order chi connectivity index (χ0) is 15.0. The van der Waals surface area contributed by atoms with E-state index in [4.69, 9.17) is 0 Å². The van der Waals surface area contributed by atoms with Gasteiger partial charge in [-0.15, -0.1) is 0 Å². The van der Waals surface area contributed by atoms with Crippen molar-refractivity contribution < 1.29 is 9.18 Å². The molecule has 1 N–H and O–H groups in total. The van der Waals surface area contributed by atoms with Crippen LogP contribution in [0.3, 0.4) is 0 Å². The van der Waals surface area contributed by atoms with E-state index in [0.717, 1.165) is 22.4 Å². The summed E-state index contributed by atoms with van der Waals surface area (Å²) in [7, 11) is 1.76. The van der Waals surface area contributed by atoms with Crippen LogP contribution in [-0.2, 0) is 6.54 Å². The molecule has 2 aromatic rings. The highest BCUT2D eigenvalue weighted by atomic mass is 79.9. The minimum absolute atomic E-state index is 0.00802. The van der Waals surface area contributed by atoms with Crippen LogP contribution >= 0.6 is 15.9 Å². The molecule has 0 fully saturated rings. The van der Waals surface area contributed by atoms with Gasteiger partial charge in [0.1, 0.15) is 5.82 Å². The molecule has 3 rings (SSSR count).